The molecule has 0 aromatic heterocycles. The molecule has 0 saturated carbocycles. The molecular weight excluding hydrogens is 278 g/mol. The Hall–Kier alpha value is -0.830. The van der Waals surface area contributed by atoms with E-state index >= 15 is 0 Å². The molecule has 94 valence electrons. The fraction of sp³-hybridized carbons (Fsp3) is 0.500. The second-order valence-electron chi connectivity index (χ2n) is 4.26. The van der Waals surface area contributed by atoms with Crippen molar-refractivity contribution < 1.29 is 4.79 Å². The second-order valence-corrected chi connectivity index (χ2v) is 5.56. The molecule has 1 amide bonds. The Labute approximate surface area is 112 Å². The summed E-state index contributed by atoms with van der Waals surface area (Å²) in [6.45, 7) is 4.78. The maximum absolute atomic E-state index is 11.9. The van der Waals surface area contributed by atoms with Crippen LogP contribution in [-0.2, 0) is 4.79 Å². The smallest absolute Gasteiger partial charge is 0.227 e. The molecule has 0 aliphatic carbocycles. The van der Waals surface area contributed by atoms with Gasteiger partial charge in [-0.25, -0.2) is 0 Å². The molecule has 0 aliphatic heterocycles. The van der Waals surface area contributed by atoms with Crippen molar-refractivity contribution in [3.05, 3.63) is 35.9 Å². The summed E-state index contributed by atoms with van der Waals surface area (Å²) in [7, 11) is 0. The maximum Gasteiger partial charge on any atom is 0.227 e. The Morgan fingerprint density at radius 2 is 2.00 bits per heavy atom. The number of carbonyl (C=O) groups excluding carboxylic acids is 1. The van der Waals surface area contributed by atoms with Crippen LogP contribution in [0.1, 0.15) is 38.2 Å². The molecule has 3 heteroatoms. The lowest BCUT2D eigenvalue weighted by Crippen LogP contribution is -2.32. The SMILES string of the molecule is CCCC(Br)CNC(=O)C(C)c1ccccc1. The molecule has 2 unspecified atom stereocenters. The summed E-state index contributed by atoms with van der Waals surface area (Å²) in [5.41, 5.74) is 1.06. The number of alkyl halides is 1. The zero-order chi connectivity index (χ0) is 12.7. The first-order valence-corrected chi connectivity index (χ1v) is 7.03. The van der Waals surface area contributed by atoms with Gasteiger partial charge in [0.1, 0.15) is 0 Å². The Morgan fingerprint density at radius 3 is 2.59 bits per heavy atom. The van der Waals surface area contributed by atoms with Crippen molar-refractivity contribution >= 4 is 21.8 Å². The van der Waals surface area contributed by atoms with Gasteiger partial charge in [0.25, 0.3) is 0 Å². The van der Waals surface area contributed by atoms with Crippen LogP contribution in [0.15, 0.2) is 30.3 Å². The first-order valence-electron chi connectivity index (χ1n) is 6.11. The van der Waals surface area contributed by atoms with Crippen LogP contribution in [0.3, 0.4) is 0 Å². The van der Waals surface area contributed by atoms with E-state index in [0.29, 0.717) is 11.4 Å². The highest BCUT2D eigenvalue weighted by atomic mass is 79.9. The van der Waals surface area contributed by atoms with Crippen LogP contribution in [-0.4, -0.2) is 17.3 Å². The Balaban J connectivity index is 2.43. The first kappa shape index (κ1) is 14.2. The molecule has 17 heavy (non-hydrogen) atoms. The lowest BCUT2D eigenvalue weighted by atomic mass is 10.0. The van der Waals surface area contributed by atoms with E-state index in [4.69, 9.17) is 0 Å². The van der Waals surface area contributed by atoms with Gasteiger partial charge in [-0.05, 0) is 18.9 Å². The maximum atomic E-state index is 11.9. The van der Waals surface area contributed by atoms with Crippen LogP contribution in [0, 0.1) is 0 Å². The van der Waals surface area contributed by atoms with Crippen molar-refractivity contribution in [1.29, 1.82) is 0 Å². The van der Waals surface area contributed by atoms with Crippen LogP contribution in [0.2, 0.25) is 0 Å². The fourth-order valence-electron chi connectivity index (χ4n) is 1.67. The molecule has 2 atom stereocenters. The van der Waals surface area contributed by atoms with Crippen molar-refractivity contribution in [2.45, 2.75) is 37.4 Å². The van der Waals surface area contributed by atoms with E-state index in [1.54, 1.807) is 0 Å². The first-order chi connectivity index (χ1) is 8.15. The third-order valence-electron chi connectivity index (χ3n) is 2.79. The summed E-state index contributed by atoms with van der Waals surface area (Å²) in [5, 5.41) is 2.98. The molecule has 1 rings (SSSR count). The quantitative estimate of drug-likeness (QED) is 0.801. The highest BCUT2D eigenvalue weighted by Gasteiger charge is 2.15. The number of amides is 1. The normalized spacial score (nSPS) is 14.1. The fourth-order valence-corrected chi connectivity index (χ4v) is 2.29. The largest absolute Gasteiger partial charge is 0.354 e. The Bertz CT molecular complexity index is 339. The summed E-state index contributed by atoms with van der Waals surface area (Å²) in [6, 6.07) is 9.86. The molecule has 0 heterocycles. The number of hydrogen-bond donors (Lipinski definition) is 1. The van der Waals surface area contributed by atoms with Gasteiger partial charge in [0.2, 0.25) is 5.91 Å². The van der Waals surface area contributed by atoms with Gasteiger partial charge in [-0.1, -0.05) is 59.6 Å². The molecule has 1 aromatic rings. The van der Waals surface area contributed by atoms with E-state index < -0.39 is 0 Å². The number of benzene rings is 1. The number of hydrogen-bond acceptors (Lipinski definition) is 1. The summed E-state index contributed by atoms with van der Waals surface area (Å²) in [5.74, 6) is 0.00859. The molecule has 0 aliphatic rings. The van der Waals surface area contributed by atoms with Crippen molar-refractivity contribution in [1.82, 2.24) is 5.32 Å². The van der Waals surface area contributed by atoms with Crippen LogP contribution in [0.25, 0.3) is 0 Å². The number of halogens is 1. The summed E-state index contributed by atoms with van der Waals surface area (Å²) in [4.78, 5) is 12.3. The van der Waals surface area contributed by atoms with Gasteiger partial charge in [-0.15, -0.1) is 0 Å². The number of nitrogens with one attached hydrogen (secondary N) is 1. The average molecular weight is 298 g/mol. The van der Waals surface area contributed by atoms with Gasteiger partial charge in [0, 0.05) is 11.4 Å². The Morgan fingerprint density at radius 1 is 1.35 bits per heavy atom. The average Bonchev–Trinajstić information content (AvgIpc) is 2.36. The lowest BCUT2D eigenvalue weighted by Gasteiger charge is -2.14. The standard InChI is InChI=1S/C14H20BrNO/c1-3-7-13(15)10-16-14(17)11(2)12-8-5-4-6-9-12/h4-6,8-9,11,13H,3,7,10H2,1-2H3,(H,16,17). The van der Waals surface area contributed by atoms with E-state index in [9.17, 15) is 4.79 Å². The summed E-state index contributed by atoms with van der Waals surface area (Å²) < 4.78 is 0. The minimum Gasteiger partial charge on any atom is -0.354 e. The van der Waals surface area contributed by atoms with E-state index in [2.05, 4.69) is 28.2 Å². The minimum absolute atomic E-state index is 0.0856. The van der Waals surface area contributed by atoms with E-state index in [-0.39, 0.29) is 11.8 Å². The zero-order valence-electron chi connectivity index (χ0n) is 10.4. The molecule has 1 N–H and O–H groups in total. The monoisotopic (exact) mass is 297 g/mol. The molecule has 0 bridgehead atoms. The third kappa shape index (κ3) is 4.90. The van der Waals surface area contributed by atoms with E-state index in [0.717, 1.165) is 18.4 Å². The highest BCUT2D eigenvalue weighted by molar-refractivity contribution is 9.09. The molecule has 0 fully saturated rings. The summed E-state index contributed by atoms with van der Waals surface area (Å²) >= 11 is 3.56. The molecule has 0 radical (unpaired) electrons. The molecule has 0 spiro atoms. The van der Waals surface area contributed by atoms with Crippen molar-refractivity contribution in [3.63, 3.8) is 0 Å². The predicted molar refractivity (Wildman–Crippen MR) is 75.5 cm³/mol. The second kappa shape index (κ2) is 7.49. The van der Waals surface area contributed by atoms with Crippen molar-refractivity contribution in [3.8, 4) is 0 Å². The predicted octanol–water partition coefficient (Wildman–Crippen LogP) is 3.47. The van der Waals surface area contributed by atoms with Gasteiger partial charge in [-0.2, -0.15) is 0 Å². The summed E-state index contributed by atoms with van der Waals surface area (Å²) in [6.07, 6.45) is 2.21. The van der Waals surface area contributed by atoms with Gasteiger partial charge in [-0.3, -0.25) is 4.79 Å². The Kier molecular flexibility index (Phi) is 6.27. The highest BCUT2D eigenvalue weighted by Crippen LogP contribution is 2.14. The lowest BCUT2D eigenvalue weighted by molar-refractivity contribution is -0.122. The van der Waals surface area contributed by atoms with E-state index in [1.165, 1.54) is 0 Å². The van der Waals surface area contributed by atoms with Crippen LogP contribution < -0.4 is 5.32 Å². The van der Waals surface area contributed by atoms with Crippen LogP contribution in [0.5, 0.6) is 0 Å². The molecule has 2 nitrogen and oxygen atoms in total. The van der Waals surface area contributed by atoms with Gasteiger partial charge < -0.3 is 5.32 Å². The van der Waals surface area contributed by atoms with Crippen LogP contribution in [0.4, 0.5) is 0 Å². The van der Waals surface area contributed by atoms with Gasteiger partial charge >= 0.3 is 0 Å². The zero-order valence-corrected chi connectivity index (χ0v) is 12.0. The number of carbonyl (C=O) groups is 1. The minimum atomic E-state index is -0.0856. The van der Waals surface area contributed by atoms with Gasteiger partial charge in [0.15, 0.2) is 0 Å². The number of rotatable bonds is 6. The van der Waals surface area contributed by atoms with Crippen LogP contribution >= 0.6 is 15.9 Å². The topological polar surface area (TPSA) is 29.1 Å². The molecule has 0 saturated heterocycles. The molecular formula is C14H20BrNO. The van der Waals surface area contributed by atoms with E-state index in [1.807, 2.05) is 37.3 Å². The van der Waals surface area contributed by atoms with Crippen molar-refractivity contribution in [2.24, 2.45) is 0 Å². The van der Waals surface area contributed by atoms with Crippen molar-refractivity contribution in [2.75, 3.05) is 6.54 Å². The van der Waals surface area contributed by atoms with Gasteiger partial charge in [0.05, 0.1) is 5.92 Å². The molecule has 1 aromatic carbocycles. The third-order valence-corrected chi connectivity index (χ3v) is 3.57.